The Morgan fingerprint density at radius 3 is 2.59 bits per heavy atom. The zero-order valence-electron chi connectivity index (χ0n) is 11.2. The minimum atomic E-state index is -1.88. The van der Waals surface area contributed by atoms with Crippen LogP contribution in [0.2, 0.25) is 18.1 Å². The summed E-state index contributed by atoms with van der Waals surface area (Å²) < 4.78 is 11.0. The maximum absolute atomic E-state index is 11.5. The van der Waals surface area contributed by atoms with Crippen molar-refractivity contribution in [1.82, 2.24) is 0 Å². The van der Waals surface area contributed by atoms with Gasteiger partial charge < -0.3 is 14.3 Å². The molecule has 1 unspecified atom stereocenters. The standard InChI is InChI=1S/C12H22O4Si/c1-12(2,3)17(4,5)15-8-10-9(13)6-7-11(14)16-10/h6-7,10-11,14H,8H2,1-5H3/t10-,11?/m1/s1. The number of ketones is 1. The van der Waals surface area contributed by atoms with Gasteiger partial charge in [0.05, 0.1) is 6.61 Å². The van der Waals surface area contributed by atoms with Gasteiger partial charge in [-0.1, -0.05) is 20.8 Å². The third kappa shape index (κ3) is 3.74. The van der Waals surface area contributed by atoms with E-state index in [0.717, 1.165) is 0 Å². The Labute approximate surface area is 104 Å². The van der Waals surface area contributed by atoms with Gasteiger partial charge in [-0.15, -0.1) is 0 Å². The third-order valence-corrected chi connectivity index (χ3v) is 7.95. The quantitative estimate of drug-likeness (QED) is 0.785. The molecule has 4 nitrogen and oxygen atoms in total. The van der Waals surface area contributed by atoms with Gasteiger partial charge in [0.2, 0.25) is 0 Å². The number of hydrogen-bond acceptors (Lipinski definition) is 4. The number of carbonyl (C=O) groups excluding carboxylic acids is 1. The molecule has 0 aromatic rings. The Hall–Kier alpha value is -0.493. The van der Waals surface area contributed by atoms with Crippen molar-refractivity contribution in [2.24, 2.45) is 0 Å². The number of ether oxygens (including phenoxy) is 1. The van der Waals surface area contributed by atoms with Crippen molar-refractivity contribution < 1.29 is 19.1 Å². The van der Waals surface area contributed by atoms with Gasteiger partial charge in [-0.3, -0.25) is 4.79 Å². The summed E-state index contributed by atoms with van der Waals surface area (Å²) in [6, 6.07) is 0. The highest BCUT2D eigenvalue weighted by atomic mass is 28.4. The molecule has 5 heteroatoms. The molecule has 0 saturated carbocycles. The molecule has 17 heavy (non-hydrogen) atoms. The average molecular weight is 258 g/mol. The first kappa shape index (κ1) is 14.6. The highest BCUT2D eigenvalue weighted by Crippen LogP contribution is 2.36. The molecule has 1 aliphatic heterocycles. The maximum Gasteiger partial charge on any atom is 0.192 e. The summed E-state index contributed by atoms with van der Waals surface area (Å²) in [7, 11) is -1.88. The SMILES string of the molecule is CC(C)(C)[Si](C)(C)OC[C@H]1OC(O)C=CC1=O. The fraction of sp³-hybridized carbons (Fsp3) is 0.750. The van der Waals surface area contributed by atoms with E-state index in [1.54, 1.807) is 0 Å². The van der Waals surface area contributed by atoms with Gasteiger partial charge in [0, 0.05) is 0 Å². The monoisotopic (exact) mass is 258 g/mol. The van der Waals surface area contributed by atoms with Crippen LogP contribution in [-0.4, -0.2) is 38.2 Å². The zero-order chi connectivity index (χ0) is 13.3. The lowest BCUT2D eigenvalue weighted by molar-refractivity contribution is -0.152. The van der Waals surface area contributed by atoms with E-state index < -0.39 is 20.7 Å². The number of hydrogen-bond donors (Lipinski definition) is 1. The fourth-order valence-corrected chi connectivity index (χ4v) is 2.19. The second-order valence-corrected chi connectivity index (χ2v) is 10.7. The summed E-state index contributed by atoms with van der Waals surface area (Å²) in [5.41, 5.74) is 0. The lowest BCUT2D eigenvalue weighted by Crippen LogP contribution is -2.45. The normalized spacial score (nSPS) is 26.4. The second kappa shape index (κ2) is 5.02. The van der Waals surface area contributed by atoms with Gasteiger partial charge in [0.15, 0.2) is 20.4 Å². The molecule has 1 heterocycles. The summed E-state index contributed by atoms with van der Waals surface area (Å²) in [5.74, 6) is -0.144. The van der Waals surface area contributed by atoms with Crippen LogP contribution >= 0.6 is 0 Å². The fourth-order valence-electron chi connectivity index (χ4n) is 1.19. The van der Waals surface area contributed by atoms with Crippen LogP contribution in [-0.2, 0) is 14.0 Å². The highest BCUT2D eigenvalue weighted by Gasteiger charge is 2.38. The van der Waals surface area contributed by atoms with Crippen LogP contribution in [0.5, 0.6) is 0 Å². The molecule has 98 valence electrons. The van der Waals surface area contributed by atoms with Crippen molar-refractivity contribution >= 4 is 14.1 Å². The molecule has 0 fully saturated rings. The van der Waals surface area contributed by atoms with E-state index in [2.05, 4.69) is 33.9 Å². The molecule has 0 aromatic carbocycles. The average Bonchev–Trinajstić information content (AvgIpc) is 2.18. The van der Waals surface area contributed by atoms with E-state index in [-0.39, 0.29) is 17.4 Å². The molecule has 0 aromatic heterocycles. The molecule has 0 saturated heterocycles. The number of aliphatic hydroxyl groups excluding tert-OH is 1. The lowest BCUT2D eigenvalue weighted by atomic mass is 10.2. The van der Waals surface area contributed by atoms with Gasteiger partial charge >= 0.3 is 0 Å². The minimum Gasteiger partial charge on any atom is -0.414 e. The van der Waals surface area contributed by atoms with Crippen molar-refractivity contribution in [2.75, 3.05) is 6.61 Å². The summed E-state index contributed by atoms with van der Waals surface area (Å²) in [6.45, 7) is 10.9. The first-order valence-electron chi connectivity index (χ1n) is 5.83. The molecular weight excluding hydrogens is 236 g/mol. The van der Waals surface area contributed by atoms with Gasteiger partial charge in [0.1, 0.15) is 6.10 Å². The first-order chi connectivity index (χ1) is 7.63. The smallest absolute Gasteiger partial charge is 0.192 e. The van der Waals surface area contributed by atoms with Gasteiger partial charge in [-0.25, -0.2) is 0 Å². The van der Waals surface area contributed by atoms with E-state index in [9.17, 15) is 9.90 Å². The van der Waals surface area contributed by atoms with Crippen LogP contribution in [0.4, 0.5) is 0 Å². The lowest BCUT2D eigenvalue weighted by Gasteiger charge is -2.37. The Kier molecular flexibility index (Phi) is 4.30. The number of aliphatic hydroxyl groups is 1. The first-order valence-corrected chi connectivity index (χ1v) is 8.74. The van der Waals surface area contributed by atoms with Crippen molar-refractivity contribution in [3.8, 4) is 0 Å². The Balaban J connectivity index is 2.57. The molecule has 0 radical (unpaired) electrons. The summed E-state index contributed by atoms with van der Waals surface area (Å²) in [6.07, 6.45) is 1.02. The van der Waals surface area contributed by atoms with E-state index in [1.165, 1.54) is 12.2 Å². The molecule has 0 amide bonds. The predicted molar refractivity (Wildman–Crippen MR) is 68.2 cm³/mol. The van der Waals surface area contributed by atoms with Crippen LogP contribution in [0.25, 0.3) is 0 Å². The molecule has 0 bridgehead atoms. The second-order valence-electron chi connectivity index (χ2n) is 5.85. The highest BCUT2D eigenvalue weighted by molar-refractivity contribution is 6.74. The molecule has 0 aliphatic carbocycles. The summed E-state index contributed by atoms with van der Waals surface area (Å²) in [4.78, 5) is 11.5. The zero-order valence-corrected chi connectivity index (χ0v) is 12.2. The van der Waals surface area contributed by atoms with Gasteiger partial charge in [-0.2, -0.15) is 0 Å². The van der Waals surface area contributed by atoms with E-state index in [0.29, 0.717) is 0 Å². The predicted octanol–water partition coefficient (Wildman–Crippen LogP) is 1.85. The van der Waals surface area contributed by atoms with E-state index >= 15 is 0 Å². The van der Waals surface area contributed by atoms with Crippen LogP contribution < -0.4 is 0 Å². The maximum atomic E-state index is 11.5. The van der Waals surface area contributed by atoms with E-state index in [4.69, 9.17) is 9.16 Å². The summed E-state index contributed by atoms with van der Waals surface area (Å²) in [5, 5.41) is 9.38. The van der Waals surface area contributed by atoms with Crippen molar-refractivity contribution in [1.29, 1.82) is 0 Å². The Morgan fingerprint density at radius 2 is 2.06 bits per heavy atom. The molecule has 1 N–H and O–H groups in total. The molecule has 0 spiro atoms. The van der Waals surface area contributed by atoms with Crippen LogP contribution in [0.3, 0.4) is 0 Å². The van der Waals surface area contributed by atoms with Crippen LogP contribution in [0, 0.1) is 0 Å². The third-order valence-electron chi connectivity index (χ3n) is 3.45. The summed E-state index contributed by atoms with van der Waals surface area (Å²) >= 11 is 0. The largest absolute Gasteiger partial charge is 0.414 e. The van der Waals surface area contributed by atoms with Gasteiger partial charge in [0.25, 0.3) is 0 Å². The molecule has 2 atom stereocenters. The Bertz CT molecular complexity index is 317. The number of carbonyl (C=O) groups is 1. The number of rotatable bonds is 3. The van der Waals surface area contributed by atoms with E-state index in [1.807, 2.05) is 0 Å². The molecular formula is C12H22O4Si. The van der Waals surface area contributed by atoms with Crippen molar-refractivity contribution in [2.45, 2.75) is 51.3 Å². The van der Waals surface area contributed by atoms with Crippen molar-refractivity contribution in [3.63, 3.8) is 0 Å². The topological polar surface area (TPSA) is 55.8 Å². The van der Waals surface area contributed by atoms with Crippen LogP contribution in [0.1, 0.15) is 20.8 Å². The van der Waals surface area contributed by atoms with Gasteiger partial charge in [-0.05, 0) is 30.3 Å². The molecule has 1 aliphatic rings. The van der Waals surface area contributed by atoms with Crippen LogP contribution in [0.15, 0.2) is 12.2 Å². The van der Waals surface area contributed by atoms with Crippen molar-refractivity contribution in [3.05, 3.63) is 12.2 Å². The Morgan fingerprint density at radius 1 is 1.47 bits per heavy atom. The minimum absolute atomic E-state index is 0.0964. The molecule has 1 rings (SSSR count).